The lowest BCUT2D eigenvalue weighted by molar-refractivity contribution is -0.137. The zero-order chi connectivity index (χ0) is 17.6. The fourth-order valence-corrected chi connectivity index (χ4v) is 4.91. The molecular weight excluding hydrogens is 337 g/mol. The van der Waals surface area contributed by atoms with Gasteiger partial charge in [-0.2, -0.15) is 0 Å². The van der Waals surface area contributed by atoms with Crippen LogP contribution in [0.25, 0.3) is 10.9 Å². The van der Waals surface area contributed by atoms with Gasteiger partial charge in [0.05, 0.1) is 0 Å². The van der Waals surface area contributed by atoms with E-state index in [-0.39, 0.29) is 12.4 Å². The van der Waals surface area contributed by atoms with Crippen LogP contribution in [0.1, 0.15) is 22.4 Å². The number of carboxylic acid groups (broad SMARTS) is 1. The molecule has 128 valence electrons. The molecule has 1 aromatic heterocycles. The van der Waals surface area contributed by atoms with Crippen molar-refractivity contribution in [3.8, 4) is 0 Å². The Bertz CT molecular complexity index is 993. The average molecular weight is 355 g/mol. The lowest BCUT2D eigenvalue weighted by atomic mass is 9.99. The molecule has 0 fully saturated rings. The van der Waals surface area contributed by atoms with Crippen LogP contribution in [-0.2, 0) is 24.2 Å². The zero-order valence-electron chi connectivity index (χ0n) is 13.9. The lowest BCUT2D eigenvalue weighted by Gasteiger charge is -2.09. The highest BCUT2D eigenvalue weighted by molar-refractivity contribution is 7.99. The Kier molecular flexibility index (Phi) is 4.04. The van der Waals surface area contributed by atoms with Gasteiger partial charge in [-0.15, -0.1) is 11.8 Å². The molecule has 2 aromatic carbocycles. The van der Waals surface area contributed by atoms with E-state index < -0.39 is 5.97 Å². The van der Waals surface area contributed by atoms with Gasteiger partial charge in [0.1, 0.15) is 12.4 Å². The predicted octanol–water partition coefficient (Wildman–Crippen LogP) is 4.41. The Morgan fingerprint density at radius 2 is 2.16 bits per heavy atom. The second kappa shape index (κ2) is 6.23. The molecular formula is C20H18FNO2S. The molecule has 4 rings (SSSR count). The summed E-state index contributed by atoms with van der Waals surface area (Å²) in [4.78, 5) is 12.6. The smallest absolute Gasteiger partial charge is 0.323 e. The molecule has 0 spiro atoms. The van der Waals surface area contributed by atoms with Crippen molar-refractivity contribution < 1.29 is 14.3 Å². The first-order valence-corrected chi connectivity index (χ1v) is 9.25. The third kappa shape index (κ3) is 2.82. The summed E-state index contributed by atoms with van der Waals surface area (Å²) in [6.07, 6.45) is 1.77. The maximum Gasteiger partial charge on any atom is 0.323 e. The predicted molar refractivity (Wildman–Crippen MR) is 97.9 cm³/mol. The second-order valence-corrected chi connectivity index (χ2v) is 7.49. The first-order valence-electron chi connectivity index (χ1n) is 8.27. The minimum Gasteiger partial charge on any atom is -0.480 e. The number of hydrogen-bond donors (Lipinski definition) is 1. The van der Waals surface area contributed by atoms with Gasteiger partial charge in [-0.1, -0.05) is 18.2 Å². The molecule has 0 saturated heterocycles. The van der Waals surface area contributed by atoms with Crippen LogP contribution in [0, 0.1) is 12.7 Å². The number of aliphatic carboxylic acids is 1. The first kappa shape index (κ1) is 16.2. The highest BCUT2D eigenvalue weighted by Gasteiger charge is 2.20. The van der Waals surface area contributed by atoms with Crippen LogP contribution >= 0.6 is 11.8 Å². The van der Waals surface area contributed by atoms with Crippen molar-refractivity contribution in [1.29, 1.82) is 0 Å². The van der Waals surface area contributed by atoms with Crippen LogP contribution in [0.2, 0.25) is 0 Å². The van der Waals surface area contributed by atoms with E-state index in [2.05, 4.69) is 18.2 Å². The average Bonchev–Trinajstić information content (AvgIpc) is 3.14. The first-order chi connectivity index (χ1) is 12.0. The standard InChI is InChI=1S/C20H18FNO2S/c1-12-16(9-14-4-2-3-13-7-8-25-20(13)14)17-10-15(21)5-6-18(17)22(12)11-19(23)24/h2-6,10H,7-9,11H2,1H3,(H,23,24). The van der Waals surface area contributed by atoms with E-state index in [0.717, 1.165) is 34.3 Å². The maximum absolute atomic E-state index is 13.8. The topological polar surface area (TPSA) is 42.2 Å². The number of carbonyl (C=O) groups is 1. The molecule has 0 atom stereocenters. The van der Waals surface area contributed by atoms with Gasteiger partial charge in [0.15, 0.2) is 0 Å². The summed E-state index contributed by atoms with van der Waals surface area (Å²) in [5.41, 5.74) is 5.29. The van der Waals surface area contributed by atoms with Crippen molar-refractivity contribution in [2.75, 3.05) is 5.75 Å². The van der Waals surface area contributed by atoms with Crippen LogP contribution in [0.15, 0.2) is 41.3 Å². The van der Waals surface area contributed by atoms with Gasteiger partial charge in [0.25, 0.3) is 0 Å². The van der Waals surface area contributed by atoms with E-state index >= 15 is 0 Å². The molecule has 1 aliphatic heterocycles. The number of fused-ring (bicyclic) bond motifs is 2. The van der Waals surface area contributed by atoms with Crippen LogP contribution in [0.4, 0.5) is 4.39 Å². The molecule has 0 bridgehead atoms. The number of thioether (sulfide) groups is 1. The van der Waals surface area contributed by atoms with Gasteiger partial charge in [0, 0.05) is 33.7 Å². The fraction of sp³-hybridized carbons (Fsp3) is 0.250. The van der Waals surface area contributed by atoms with E-state index in [1.54, 1.807) is 10.6 Å². The zero-order valence-corrected chi connectivity index (χ0v) is 14.7. The van der Waals surface area contributed by atoms with E-state index in [1.165, 1.54) is 28.2 Å². The summed E-state index contributed by atoms with van der Waals surface area (Å²) in [5.74, 6) is -0.0956. The minimum atomic E-state index is -0.896. The van der Waals surface area contributed by atoms with E-state index in [0.29, 0.717) is 6.42 Å². The molecule has 2 heterocycles. The maximum atomic E-state index is 13.8. The van der Waals surface area contributed by atoms with Crippen LogP contribution in [0.5, 0.6) is 0 Å². The molecule has 0 amide bonds. The van der Waals surface area contributed by atoms with Gasteiger partial charge in [-0.25, -0.2) is 4.39 Å². The van der Waals surface area contributed by atoms with Gasteiger partial charge >= 0.3 is 5.97 Å². The van der Waals surface area contributed by atoms with Crippen LogP contribution in [0.3, 0.4) is 0 Å². The Hall–Kier alpha value is -2.27. The number of rotatable bonds is 4. The normalized spacial score (nSPS) is 13.4. The second-order valence-electron chi connectivity index (χ2n) is 6.39. The summed E-state index contributed by atoms with van der Waals surface area (Å²) in [6.45, 7) is 1.81. The highest BCUT2D eigenvalue weighted by Crippen LogP contribution is 2.37. The number of nitrogens with zero attached hydrogens (tertiary/aromatic N) is 1. The van der Waals surface area contributed by atoms with Crippen LogP contribution in [-0.4, -0.2) is 21.4 Å². The summed E-state index contributed by atoms with van der Waals surface area (Å²) in [7, 11) is 0. The van der Waals surface area contributed by atoms with Crippen LogP contribution < -0.4 is 0 Å². The Morgan fingerprint density at radius 1 is 1.32 bits per heavy atom. The van der Waals surface area contributed by atoms with Crippen molar-refractivity contribution in [1.82, 2.24) is 4.57 Å². The summed E-state index contributed by atoms with van der Waals surface area (Å²) < 4.78 is 15.6. The molecule has 0 saturated carbocycles. The van der Waals surface area contributed by atoms with E-state index in [4.69, 9.17) is 0 Å². The highest BCUT2D eigenvalue weighted by atomic mass is 32.2. The lowest BCUT2D eigenvalue weighted by Crippen LogP contribution is -2.10. The summed E-state index contributed by atoms with van der Waals surface area (Å²) in [6, 6.07) is 10.9. The number of hydrogen-bond acceptors (Lipinski definition) is 2. The monoisotopic (exact) mass is 355 g/mol. The summed E-state index contributed by atoms with van der Waals surface area (Å²) >= 11 is 1.87. The molecule has 1 N–H and O–H groups in total. The van der Waals surface area contributed by atoms with E-state index in [1.807, 2.05) is 18.7 Å². The molecule has 1 aliphatic rings. The molecule has 3 aromatic rings. The minimum absolute atomic E-state index is 0.115. The third-order valence-electron chi connectivity index (χ3n) is 4.87. The molecule has 3 nitrogen and oxygen atoms in total. The van der Waals surface area contributed by atoms with Gasteiger partial charge in [-0.3, -0.25) is 4.79 Å². The SMILES string of the molecule is Cc1c(Cc2cccc3c2SCC3)c2cc(F)ccc2n1CC(=O)O. The van der Waals surface area contributed by atoms with Gasteiger partial charge in [0.2, 0.25) is 0 Å². The number of aryl methyl sites for hydroxylation is 1. The van der Waals surface area contributed by atoms with Crippen molar-refractivity contribution in [3.05, 3.63) is 64.6 Å². The summed E-state index contributed by atoms with van der Waals surface area (Å²) in [5, 5.41) is 10.0. The number of benzene rings is 2. The number of halogens is 1. The number of aromatic nitrogens is 1. The largest absolute Gasteiger partial charge is 0.480 e. The molecule has 25 heavy (non-hydrogen) atoms. The molecule has 0 unspecified atom stereocenters. The Balaban J connectivity index is 1.87. The van der Waals surface area contributed by atoms with Crippen molar-refractivity contribution in [2.24, 2.45) is 0 Å². The van der Waals surface area contributed by atoms with Crippen molar-refractivity contribution in [3.63, 3.8) is 0 Å². The van der Waals surface area contributed by atoms with Crippen molar-refractivity contribution >= 4 is 28.6 Å². The van der Waals surface area contributed by atoms with Gasteiger partial charge < -0.3 is 9.67 Å². The number of carboxylic acids is 1. The van der Waals surface area contributed by atoms with Gasteiger partial charge in [-0.05, 0) is 48.2 Å². The Labute approximate surface area is 149 Å². The quantitative estimate of drug-likeness (QED) is 0.754. The molecule has 5 heteroatoms. The molecule has 0 radical (unpaired) electrons. The van der Waals surface area contributed by atoms with E-state index in [9.17, 15) is 14.3 Å². The molecule has 0 aliphatic carbocycles. The third-order valence-corrected chi connectivity index (χ3v) is 6.09. The fourth-order valence-electron chi connectivity index (χ4n) is 3.70. The van der Waals surface area contributed by atoms with Crippen molar-refractivity contribution in [2.45, 2.75) is 31.2 Å². The Morgan fingerprint density at radius 3 is 2.96 bits per heavy atom.